The third-order valence-electron chi connectivity index (χ3n) is 7.17. The van der Waals surface area contributed by atoms with Crippen molar-refractivity contribution < 1.29 is 19.4 Å². The fourth-order valence-corrected chi connectivity index (χ4v) is 5.80. The number of likely N-dealkylation sites (tertiary alicyclic amines) is 1. The second-order valence-electron chi connectivity index (χ2n) is 9.41. The summed E-state index contributed by atoms with van der Waals surface area (Å²) < 4.78 is 5.52. The minimum atomic E-state index is -0.959. The second-order valence-corrected chi connectivity index (χ2v) is 10.3. The molecule has 0 radical (unpaired) electrons. The van der Waals surface area contributed by atoms with Crippen molar-refractivity contribution in [1.29, 1.82) is 0 Å². The average molecular weight is 519 g/mol. The Bertz CT molecular complexity index is 1030. The van der Waals surface area contributed by atoms with E-state index in [2.05, 4.69) is 11.8 Å². The number of ether oxygens (including phenoxy) is 1. The van der Waals surface area contributed by atoms with Crippen LogP contribution >= 0.6 is 23.2 Å². The number of nitrogens with zero attached hydrogens (tertiary/aromatic N) is 2. The van der Waals surface area contributed by atoms with Crippen molar-refractivity contribution in [2.45, 2.75) is 44.2 Å². The number of rotatable bonds is 8. The van der Waals surface area contributed by atoms with Gasteiger partial charge in [-0.2, -0.15) is 0 Å². The van der Waals surface area contributed by atoms with E-state index in [-0.39, 0.29) is 30.3 Å². The standard InChI is InChI=1S/C27H32Cl2N2O4/c1-2-23(17-30-10-12-35-13-11-30)31-26(18-6-8-21(28)9-7-18)24(19-4-3-5-22(29)14-19)15-20(27(31)34)16-25(32)33/h3-9,14,20,23-24,26H,2,10-13,15-17H2,1H3,(H,32,33)/t20-,23+,24-,26-/m1/s1. The summed E-state index contributed by atoms with van der Waals surface area (Å²) in [6.07, 6.45) is 1.02. The Labute approximate surface area is 216 Å². The lowest BCUT2D eigenvalue weighted by molar-refractivity contribution is -0.153. The van der Waals surface area contributed by atoms with Gasteiger partial charge in [0.2, 0.25) is 5.91 Å². The number of carboxylic acid groups (broad SMARTS) is 1. The van der Waals surface area contributed by atoms with Crippen LogP contribution in [-0.4, -0.2) is 65.7 Å². The lowest BCUT2D eigenvalue weighted by Crippen LogP contribution is -2.55. The lowest BCUT2D eigenvalue weighted by atomic mass is 9.74. The molecule has 1 amide bonds. The molecule has 35 heavy (non-hydrogen) atoms. The summed E-state index contributed by atoms with van der Waals surface area (Å²) in [5.41, 5.74) is 1.99. The highest BCUT2D eigenvalue weighted by Gasteiger charge is 2.46. The summed E-state index contributed by atoms with van der Waals surface area (Å²) in [7, 11) is 0. The molecule has 1 N–H and O–H groups in total. The third-order valence-corrected chi connectivity index (χ3v) is 7.66. The molecule has 0 aliphatic carbocycles. The molecule has 2 saturated heterocycles. The van der Waals surface area contributed by atoms with Crippen LogP contribution in [0.1, 0.15) is 49.3 Å². The van der Waals surface area contributed by atoms with Crippen molar-refractivity contribution in [3.8, 4) is 0 Å². The molecule has 2 fully saturated rings. The first kappa shape index (κ1) is 26.0. The van der Waals surface area contributed by atoms with E-state index >= 15 is 0 Å². The van der Waals surface area contributed by atoms with Crippen LogP contribution in [0.3, 0.4) is 0 Å². The van der Waals surface area contributed by atoms with Gasteiger partial charge in [-0.3, -0.25) is 14.5 Å². The third kappa shape index (κ3) is 6.18. The summed E-state index contributed by atoms with van der Waals surface area (Å²) in [4.78, 5) is 30.0. The minimum Gasteiger partial charge on any atom is -0.481 e. The molecule has 2 aromatic carbocycles. The Hall–Kier alpha value is -2.12. The quantitative estimate of drug-likeness (QED) is 0.516. The Morgan fingerprint density at radius 1 is 1.09 bits per heavy atom. The molecule has 8 heteroatoms. The minimum absolute atomic E-state index is 0.0699. The summed E-state index contributed by atoms with van der Waals surface area (Å²) in [6.45, 7) is 5.81. The van der Waals surface area contributed by atoms with Crippen LogP contribution < -0.4 is 0 Å². The van der Waals surface area contributed by atoms with Gasteiger partial charge in [0, 0.05) is 47.6 Å². The topological polar surface area (TPSA) is 70.1 Å². The van der Waals surface area contributed by atoms with Gasteiger partial charge in [0.1, 0.15) is 0 Å². The van der Waals surface area contributed by atoms with Crippen LogP contribution in [0.4, 0.5) is 0 Å². The van der Waals surface area contributed by atoms with Gasteiger partial charge in [-0.15, -0.1) is 0 Å². The van der Waals surface area contributed by atoms with Crippen LogP contribution in [0.25, 0.3) is 0 Å². The highest BCUT2D eigenvalue weighted by atomic mass is 35.5. The molecule has 188 valence electrons. The number of aliphatic carboxylic acids is 1. The monoisotopic (exact) mass is 518 g/mol. The smallest absolute Gasteiger partial charge is 0.304 e. The first-order chi connectivity index (χ1) is 16.9. The van der Waals surface area contributed by atoms with Crippen molar-refractivity contribution >= 4 is 35.1 Å². The zero-order chi connectivity index (χ0) is 24.9. The first-order valence-electron chi connectivity index (χ1n) is 12.2. The molecule has 0 aromatic heterocycles. The van der Waals surface area contributed by atoms with Gasteiger partial charge >= 0.3 is 5.97 Å². The van der Waals surface area contributed by atoms with E-state index in [4.69, 9.17) is 27.9 Å². The van der Waals surface area contributed by atoms with Gasteiger partial charge in [0.15, 0.2) is 0 Å². The number of benzene rings is 2. The maximum absolute atomic E-state index is 14.0. The van der Waals surface area contributed by atoms with E-state index < -0.39 is 11.9 Å². The van der Waals surface area contributed by atoms with Crippen molar-refractivity contribution in [3.05, 3.63) is 69.7 Å². The van der Waals surface area contributed by atoms with Gasteiger partial charge in [0.05, 0.1) is 25.7 Å². The molecule has 0 spiro atoms. The average Bonchev–Trinajstić information content (AvgIpc) is 2.85. The molecule has 2 heterocycles. The summed E-state index contributed by atoms with van der Waals surface area (Å²) in [6, 6.07) is 15.0. The van der Waals surface area contributed by atoms with Crippen LogP contribution in [0, 0.1) is 5.92 Å². The molecule has 4 rings (SSSR count). The number of amides is 1. The number of hydrogen-bond acceptors (Lipinski definition) is 4. The van der Waals surface area contributed by atoms with Gasteiger partial charge in [-0.05, 0) is 48.2 Å². The summed E-state index contributed by atoms with van der Waals surface area (Å²) in [5, 5.41) is 10.9. The molecular formula is C27H32Cl2N2O4. The molecular weight excluding hydrogens is 487 g/mol. The van der Waals surface area contributed by atoms with Crippen LogP contribution in [0.2, 0.25) is 10.0 Å². The number of morpholine rings is 1. The molecule has 2 aromatic rings. The van der Waals surface area contributed by atoms with E-state index in [9.17, 15) is 14.7 Å². The fraction of sp³-hybridized carbons (Fsp3) is 0.481. The first-order valence-corrected chi connectivity index (χ1v) is 13.0. The Kier molecular flexibility index (Phi) is 8.71. The van der Waals surface area contributed by atoms with E-state index in [1.807, 2.05) is 53.4 Å². The number of halogens is 2. The van der Waals surface area contributed by atoms with Gasteiger partial charge in [-0.1, -0.05) is 54.4 Å². The largest absolute Gasteiger partial charge is 0.481 e. The van der Waals surface area contributed by atoms with Gasteiger partial charge in [0.25, 0.3) is 0 Å². The predicted octanol–water partition coefficient (Wildman–Crippen LogP) is 5.25. The SMILES string of the molecule is CC[C@@H](CN1CCOCC1)N1C(=O)[C@@H](CC(=O)O)C[C@H](c2cccc(Cl)c2)[C@H]1c1ccc(Cl)cc1. The van der Waals surface area contributed by atoms with Crippen LogP contribution in [0.5, 0.6) is 0 Å². The van der Waals surface area contributed by atoms with Crippen molar-refractivity contribution in [2.75, 3.05) is 32.8 Å². The van der Waals surface area contributed by atoms with Crippen molar-refractivity contribution in [3.63, 3.8) is 0 Å². The van der Waals surface area contributed by atoms with Crippen LogP contribution in [-0.2, 0) is 14.3 Å². The lowest BCUT2D eigenvalue weighted by Gasteiger charge is -2.49. The number of carbonyl (C=O) groups is 2. The zero-order valence-corrected chi connectivity index (χ0v) is 21.4. The summed E-state index contributed by atoms with van der Waals surface area (Å²) >= 11 is 12.6. The van der Waals surface area contributed by atoms with Crippen molar-refractivity contribution in [2.24, 2.45) is 5.92 Å². The normalized spacial score (nSPS) is 24.4. The van der Waals surface area contributed by atoms with Gasteiger partial charge in [-0.25, -0.2) is 0 Å². The highest BCUT2D eigenvalue weighted by molar-refractivity contribution is 6.30. The number of carboxylic acids is 1. The summed E-state index contributed by atoms with van der Waals surface area (Å²) in [5.74, 6) is -1.75. The van der Waals surface area contributed by atoms with Gasteiger partial charge < -0.3 is 14.7 Å². The van der Waals surface area contributed by atoms with E-state index in [0.717, 1.165) is 37.2 Å². The molecule has 4 atom stereocenters. The van der Waals surface area contributed by atoms with E-state index in [1.54, 1.807) is 0 Å². The van der Waals surface area contributed by atoms with E-state index in [0.29, 0.717) is 29.7 Å². The predicted molar refractivity (Wildman–Crippen MR) is 137 cm³/mol. The number of carbonyl (C=O) groups excluding carboxylic acids is 1. The molecule has 2 aliphatic heterocycles. The maximum Gasteiger partial charge on any atom is 0.304 e. The number of hydrogen-bond donors (Lipinski definition) is 1. The zero-order valence-electron chi connectivity index (χ0n) is 19.9. The molecule has 2 aliphatic rings. The molecule has 6 nitrogen and oxygen atoms in total. The number of piperidine rings is 1. The Morgan fingerprint density at radius 2 is 1.80 bits per heavy atom. The maximum atomic E-state index is 14.0. The second kappa shape index (κ2) is 11.7. The Balaban J connectivity index is 1.80. The van der Waals surface area contributed by atoms with Crippen LogP contribution in [0.15, 0.2) is 48.5 Å². The molecule has 0 unspecified atom stereocenters. The Morgan fingerprint density at radius 3 is 2.43 bits per heavy atom. The van der Waals surface area contributed by atoms with Crippen molar-refractivity contribution in [1.82, 2.24) is 9.80 Å². The molecule has 0 bridgehead atoms. The van der Waals surface area contributed by atoms with E-state index in [1.165, 1.54) is 0 Å². The fourth-order valence-electron chi connectivity index (χ4n) is 5.47. The highest BCUT2D eigenvalue weighted by Crippen LogP contribution is 2.47. The molecule has 0 saturated carbocycles.